The van der Waals surface area contributed by atoms with Gasteiger partial charge in [-0.2, -0.15) is 4.31 Å². The molecule has 0 fully saturated rings. The van der Waals surface area contributed by atoms with Crippen molar-refractivity contribution in [2.45, 2.75) is 18.2 Å². The number of nitrogens with zero attached hydrogens (tertiary/aromatic N) is 2. The maximum absolute atomic E-state index is 12.3. The maximum atomic E-state index is 12.3. The maximum Gasteiger partial charge on any atom is 0.244 e. The van der Waals surface area contributed by atoms with Gasteiger partial charge < -0.3 is 10.8 Å². The standard InChI is InChI=1S/C11H17N3O3S2/c1-2-14(6-3-7-15)19(16,17)9-4-5-10(11(12)18)13-8-9/h4-5,8,15H,2-3,6-7H2,1H3,(H2,12,18). The first-order chi connectivity index (χ1) is 8.93. The summed E-state index contributed by atoms with van der Waals surface area (Å²) in [6.07, 6.45) is 1.64. The van der Waals surface area contributed by atoms with Crippen LogP contribution in [0.5, 0.6) is 0 Å². The fourth-order valence-corrected chi connectivity index (χ4v) is 3.08. The van der Waals surface area contributed by atoms with Crippen LogP contribution >= 0.6 is 12.2 Å². The van der Waals surface area contributed by atoms with Crippen molar-refractivity contribution in [2.24, 2.45) is 5.73 Å². The first-order valence-corrected chi connectivity index (χ1v) is 7.65. The van der Waals surface area contributed by atoms with Gasteiger partial charge in [0, 0.05) is 25.9 Å². The Bertz CT molecular complexity index is 529. The van der Waals surface area contributed by atoms with Crippen molar-refractivity contribution < 1.29 is 13.5 Å². The number of thiocarbonyl (C=S) groups is 1. The Balaban J connectivity index is 3.01. The van der Waals surface area contributed by atoms with Gasteiger partial charge in [-0.1, -0.05) is 19.1 Å². The van der Waals surface area contributed by atoms with Gasteiger partial charge in [-0.3, -0.25) is 4.98 Å². The fraction of sp³-hybridized carbons (Fsp3) is 0.455. The van der Waals surface area contributed by atoms with E-state index in [1.807, 2.05) is 0 Å². The van der Waals surface area contributed by atoms with Gasteiger partial charge in [0.1, 0.15) is 9.88 Å². The minimum atomic E-state index is -3.59. The van der Waals surface area contributed by atoms with E-state index in [1.165, 1.54) is 22.6 Å². The number of sulfonamides is 1. The molecule has 0 spiro atoms. The minimum absolute atomic E-state index is 0.0509. The summed E-state index contributed by atoms with van der Waals surface area (Å²) in [7, 11) is -3.59. The van der Waals surface area contributed by atoms with Gasteiger partial charge in [0.05, 0.1) is 5.69 Å². The van der Waals surface area contributed by atoms with Crippen molar-refractivity contribution in [1.29, 1.82) is 0 Å². The Morgan fingerprint density at radius 3 is 2.63 bits per heavy atom. The normalized spacial score (nSPS) is 11.7. The molecule has 0 saturated carbocycles. The third-order valence-corrected chi connectivity index (χ3v) is 4.71. The molecule has 0 unspecified atom stereocenters. The highest BCUT2D eigenvalue weighted by Gasteiger charge is 2.22. The highest BCUT2D eigenvalue weighted by Crippen LogP contribution is 2.15. The van der Waals surface area contributed by atoms with Crippen LogP contribution in [0.15, 0.2) is 23.2 Å². The zero-order valence-corrected chi connectivity index (χ0v) is 12.2. The zero-order chi connectivity index (χ0) is 14.5. The Morgan fingerprint density at radius 1 is 1.53 bits per heavy atom. The average Bonchev–Trinajstić information content (AvgIpc) is 2.39. The molecule has 19 heavy (non-hydrogen) atoms. The molecule has 1 aromatic heterocycles. The van der Waals surface area contributed by atoms with Gasteiger partial charge in [-0.25, -0.2) is 8.42 Å². The summed E-state index contributed by atoms with van der Waals surface area (Å²) in [5, 5.41) is 8.78. The van der Waals surface area contributed by atoms with Crippen molar-refractivity contribution in [1.82, 2.24) is 9.29 Å². The molecule has 3 N–H and O–H groups in total. The average molecular weight is 303 g/mol. The van der Waals surface area contributed by atoms with Crippen molar-refractivity contribution in [2.75, 3.05) is 19.7 Å². The third kappa shape index (κ3) is 3.93. The minimum Gasteiger partial charge on any atom is -0.396 e. The van der Waals surface area contributed by atoms with Gasteiger partial charge in [0.15, 0.2) is 0 Å². The number of rotatable bonds is 7. The molecule has 0 amide bonds. The van der Waals surface area contributed by atoms with Crippen LogP contribution in [0.3, 0.4) is 0 Å². The Hall–Kier alpha value is -1.09. The molecular weight excluding hydrogens is 286 g/mol. The van der Waals surface area contributed by atoms with Crippen LogP contribution in [0, 0.1) is 0 Å². The van der Waals surface area contributed by atoms with E-state index in [4.69, 9.17) is 23.1 Å². The van der Waals surface area contributed by atoms with Crippen LogP contribution < -0.4 is 5.73 Å². The number of aliphatic hydroxyl groups excluding tert-OH is 1. The second-order valence-electron chi connectivity index (χ2n) is 3.82. The number of aromatic nitrogens is 1. The van der Waals surface area contributed by atoms with E-state index in [2.05, 4.69) is 4.98 Å². The summed E-state index contributed by atoms with van der Waals surface area (Å²) >= 11 is 4.76. The van der Waals surface area contributed by atoms with E-state index in [0.717, 1.165) is 0 Å². The van der Waals surface area contributed by atoms with Gasteiger partial charge in [-0.15, -0.1) is 0 Å². The first kappa shape index (κ1) is 16.0. The number of nitrogens with two attached hydrogens (primary N) is 1. The molecule has 1 aromatic rings. The number of hydrogen-bond donors (Lipinski definition) is 2. The predicted octanol–water partition coefficient (Wildman–Crippen LogP) is 0.109. The molecule has 1 heterocycles. The molecule has 0 aromatic carbocycles. The molecule has 8 heteroatoms. The van der Waals surface area contributed by atoms with Crippen LogP contribution in [0.4, 0.5) is 0 Å². The molecule has 0 atom stereocenters. The molecule has 0 aliphatic carbocycles. The lowest BCUT2D eigenvalue weighted by molar-refractivity contribution is 0.271. The lowest BCUT2D eigenvalue weighted by atomic mass is 10.3. The second kappa shape index (κ2) is 6.90. The first-order valence-electron chi connectivity index (χ1n) is 5.80. The molecule has 0 bridgehead atoms. The van der Waals surface area contributed by atoms with Crippen LogP contribution in [0.2, 0.25) is 0 Å². The Labute approximate surface area is 118 Å². The summed E-state index contributed by atoms with van der Waals surface area (Å²) in [5.41, 5.74) is 5.79. The lowest BCUT2D eigenvalue weighted by Crippen LogP contribution is -2.32. The SMILES string of the molecule is CCN(CCCO)S(=O)(=O)c1ccc(C(N)=S)nc1. The lowest BCUT2D eigenvalue weighted by Gasteiger charge is -2.19. The van der Waals surface area contributed by atoms with E-state index < -0.39 is 10.0 Å². The fourth-order valence-electron chi connectivity index (χ4n) is 1.52. The summed E-state index contributed by atoms with van der Waals surface area (Å²) in [4.78, 5) is 4.13. The van der Waals surface area contributed by atoms with Crippen molar-refractivity contribution in [3.8, 4) is 0 Å². The van der Waals surface area contributed by atoms with E-state index in [1.54, 1.807) is 6.92 Å². The van der Waals surface area contributed by atoms with Crippen LogP contribution in [0.25, 0.3) is 0 Å². The van der Waals surface area contributed by atoms with E-state index in [-0.39, 0.29) is 23.0 Å². The highest BCUT2D eigenvalue weighted by molar-refractivity contribution is 7.89. The van der Waals surface area contributed by atoms with E-state index in [0.29, 0.717) is 18.7 Å². The van der Waals surface area contributed by atoms with Gasteiger partial charge in [-0.05, 0) is 18.6 Å². The predicted molar refractivity (Wildman–Crippen MR) is 76.3 cm³/mol. The molecule has 0 radical (unpaired) electrons. The molecular formula is C11H17N3O3S2. The third-order valence-electron chi connectivity index (χ3n) is 2.54. The van der Waals surface area contributed by atoms with Crippen molar-refractivity contribution in [3.63, 3.8) is 0 Å². The molecule has 106 valence electrons. The highest BCUT2D eigenvalue weighted by atomic mass is 32.2. The molecule has 0 saturated heterocycles. The zero-order valence-electron chi connectivity index (χ0n) is 10.6. The van der Waals surface area contributed by atoms with Crippen molar-refractivity contribution >= 4 is 27.2 Å². The number of pyridine rings is 1. The van der Waals surface area contributed by atoms with Gasteiger partial charge in [0.25, 0.3) is 0 Å². The monoisotopic (exact) mass is 303 g/mol. The van der Waals surface area contributed by atoms with Crippen molar-refractivity contribution in [3.05, 3.63) is 24.0 Å². The Morgan fingerprint density at radius 2 is 2.21 bits per heavy atom. The topological polar surface area (TPSA) is 96.5 Å². The van der Waals surface area contributed by atoms with Crippen LogP contribution in [0.1, 0.15) is 19.0 Å². The van der Waals surface area contributed by atoms with Crippen LogP contribution in [-0.2, 0) is 10.0 Å². The Kier molecular flexibility index (Phi) is 5.80. The van der Waals surface area contributed by atoms with E-state index >= 15 is 0 Å². The summed E-state index contributed by atoms with van der Waals surface area (Å²) in [6, 6.07) is 2.91. The quantitative estimate of drug-likeness (QED) is 0.694. The summed E-state index contributed by atoms with van der Waals surface area (Å²) in [6.45, 7) is 2.29. The van der Waals surface area contributed by atoms with Gasteiger partial charge >= 0.3 is 0 Å². The molecule has 6 nitrogen and oxygen atoms in total. The largest absolute Gasteiger partial charge is 0.396 e. The molecule has 0 aliphatic rings. The second-order valence-corrected chi connectivity index (χ2v) is 6.20. The molecule has 0 aliphatic heterocycles. The number of hydrogen-bond acceptors (Lipinski definition) is 5. The number of aliphatic hydroxyl groups is 1. The molecule has 1 rings (SSSR count). The summed E-state index contributed by atoms with van der Waals surface area (Å²) < 4.78 is 25.9. The van der Waals surface area contributed by atoms with E-state index in [9.17, 15) is 8.42 Å². The van der Waals surface area contributed by atoms with Crippen LogP contribution in [-0.4, -0.2) is 47.5 Å². The smallest absolute Gasteiger partial charge is 0.244 e. The summed E-state index contributed by atoms with van der Waals surface area (Å²) in [5.74, 6) is 0. The van der Waals surface area contributed by atoms with Gasteiger partial charge in [0.2, 0.25) is 10.0 Å².